The average Bonchev–Trinajstić information content (AvgIpc) is 3.38. The van der Waals surface area contributed by atoms with E-state index in [0.717, 1.165) is 28.6 Å². The lowest BCUT2D eigenvalue weighted by Gasteiger charge is -2.36. The van der Waals surface area contributed by atoms with Crippen molar-refractivity contribution in [2.75, 3.05) is 31.7 Å². The van der Waals surface area contributed by atoms with Gasteiger partial charge in [-0.15, -0.1) is 0 Å². The van der Waals surface area contributed by atoms with Crippen LogP contribution in [-0.4, -0.2) is 42.6 Å². The first kappa shape index (κ1) is 28.2. The second kappa shape index (κ2) is 11.9. The maximum Gasteiger partial charge on any atom is 0.416 e. The van der Waals surface area contributed by atoms with Gasteiger partial charge >= 0.3 is 12.1 Å². The molecule has 39 heavy (non-hydrogen) atoms. The molecule has 0 bridgehead atoms. The maximum atomic E-state index is 14.0. The molecule has 0 amide bonds. The van der Waals surface area contributed by atoms with Crippen molar-refractivity contribution in [1.29, 1.82) is 0 Å². The van der Waals surface area contributed by atoms with Crippen molar-refractivity contribution in [3.8, 4) is 11.5 Å². The van der Waals surface area contributed by atoms with Crippen molar-refractivity contribution in [2.24, 2.45) is 0 Å². The van der Waals surface area contributed by atoms with E-state index in [2.05, 4.69) is 5.10 Å². The van der Waals surface area contributed by atoms with Gasteiger partial charge in [0.2, 0.25) is 0 Å². The largest absolute Gasteiger partial charge is 0.497 e. The van der Waals surface area contributed by atoms with E-state index in [1.54, 1.807) is 36.1 Å². The van der Waals surface area contributed by atoms with Crippen molar-refractivity contribution in [1.82, 2.24) is 9.78 Å². The van der Waals surface area contributed by atoms with Crippen LogP contribution in [0, 0.1) is 0 Å². The van der Waals surface area contributed by atoms with Crippen LogP contribution in [0.5, 0.6) is 11.5 Å². The Morgan fingerprint density at radius 3 is 2.54 bits per heavy atom. The van der Waals surface area contributed by atoms with Gasteiger partial charge in [-0.2, -0.15) is 18.3 Å². The van der Waals surface area contributed by atoms with Crippen LogP contribution in [0.3, 0.4) is 0 Å². The van der Waals surface area contributed by atoms with Gasteiger partial charge in [0.1, 0.15) is 29.4 Å². The van der Waals surface area contributed by atoms with Gasteiger partial charge in [-0.05, 0) is 55.7 Å². The normalized spacial score (nSPS) is 15.9. The van der Waals surface area contributed by atoms with Crippen LogP contribution >= 0.6 is 0 Å². The Labute approximate surface area is 222 Å². The van der Waals surface area contributed by atoms with Crippen molar-refractivity contribution in [3.05, 3.63) is 71.0 Å². The topological polar surface area (TPSA) is 65.8 Å². The summed E-state index contributed by atoms with van der Waals surface area (Å²) in [6.45, 7) is 2.14. The summed E-state index contributed by atoms with van der Waals surface area (Å²) in [4.78, 5) is 13.9. The van der Waals surface area contributed by atoms with Crippen LogP contribution in [0.1, 0.15) is 59.4 Å². The smallest absolute Gasteiger partial charge is 0.416 e. The van der Waals surface area contributed by atoms with Crippen LogP contribution in [0.2, 0.25) is 0 Å². The number of hydrogen-bond acceptors (Lipinski definition) is 6. The summed E-state index contributed by atoms with van der Waals surface area (Å²) in [6, 6.07) is 9.66. The minimum Gasteiger partial charge on any atom is -0.497 e. The van der Waals surface area contributed by atoms with E-state index in [-0.39, 0.29) is 36.8 Å². The van der Waals surface area contributed by atoms with Crippen molar-refractivity contribution >= 4 is 11.7 Å². The standard InChI is InChI=1S/C27H28F5N3O4/c1-3-38-26(36)21-14-33-35(24(21)25(28)29)19-5-4-12-34(15-19)22-13-18(27(30,31)32)8-11-23(22)39-16-17-6-9-20(37-2)10-7-17/h6-11,13-14,19,25H,3-5,12,15-16H2,1-2H3. The third-order valence-corrected chi connectivity index (χ3v) is 6.46. The van der Waals surface area contributed by atoms with Crippen molar-refractivity contribution < 1.29 is 41.0 Å². The Hall–Kier alpha value is -3.83. The number of esters is 1. The fourth-order valence-corrected chi connectivity index (χ4v) is 4.57. The lowest BCUT2D eigenvalue weighted by Crippen LogP contribution is -2.38. The first-order valence-electron chi connectivity index (χ1n) is 12.4. The lowest BCUT2D eigenvalue weighted by molar-refractivity contribution is -0.137. The Kier molecular flexibility index (Phi) is 8.61. The van der Waals surface area contributed by atoms with Gasteiger partial charge in [0, 0.05) is 13.1 Å². The van der Waals surface area contributed by atoms with E-state index in [4.69, 9.17) is 14.2 Å². The number of alkyl halides is 5. The maximum absolute atomic E-state index is 14.0. The molecule has 1 saturated heterocycles. The van der Waals surface area contributed by atoms with Crippen molar-refractivity contribution in [2.45, 2.75) is 45.0 Å². The first-order valence-corrected chi connectivity index (χ1v) is 12.4. The highest BCUT2D eigenvalue weighted by Crippen LogP contribution is 2.40. The minimum atomic E-state index is -4.59. The number of piperidine rings is 1. The monoisotopic (exact) mass is 553 g/mol. The summed E-state index contributed by atoms with van der Waals surface area (Å²) in [7, 11) is 1.54. The molecule has 1 aliphatic rings. The predicted octanol–water partition coefficient (Wildman–Crippen LogP) is 6.45. The highest BCUT2D eigenvalue weighted by Gasteiger charge is 2.34. The molecule has 0 saturated carbocycles. The number of carbonyl (C=O) groups is 1. The molecule has 12 heteroatoms. The van der Waals surface area contributed by atoms with Gasteiger partial charge < -0.3 is 19.1 Å². The molecule has 210 valence electrons. The van der Waals surface area contributed by atoms with Crippen LogP contribution in [0.15, 0.2) is 48.7 Å². The van der Waals surface area contributed by atoms with Crippen LogP contribution < -0.4 is 14.4 Å². The van der Waals surface area contributed by atoms with Gasteiger partial charge in [-0.1, -0.05) is 12.1 Å². The first-order chi connectivity index (χ1) is 18.6. The SMILES string of the molecule is CCOC(=O)c1cnn(C2CCCN(c3cc(C(F)(F)F)ccc3OCc3ccc(OC)cc3)C2)c1C(F)F. The fraction of sp³-hybridized carbons (Fsp3) is 0.407. The van der Waals surface area contributed by atoms with E-state index >= 15 is 0 Å². The average molecular weight is 554 g/mol. The molecular weight excluding hydrogens is 525 g/mol. The molecule has 1 fully saturated rings. The number of nitrogens with zero attached hydrogens (tertiary/aromatic N) is 3. The molecule has 2 heterocycles. The summed E-state index contributed by atoms with van der Waals surface area (Å²) in [6.07, 6.45) is -5.60. The molecule has 4 rings (SSSR count). The summed E-state index contributed by atoms with van der Waals surface area (Å²) in [5.74, 6) is -0.0266. The molecule has 3 aromatic rings. The minimum absolute atomic E-state index is 0.0126. The van der Waals surface area contributed by atoms with E-state index < -0.39 is 35.9 Å². The van der Waals surface area contributed by atoms with E-state index in [0.29, 0.717) is 25.1 Å². The van der Waals surface area contributed by atoms with Gasteiger partial charge in [0.25, 0.3) is 6.43 Å². The number of carbonyl (C=O) groups excluding carboxylic acids is 1. The predicted molar refractivity (Wildman–Crippen MR) is 132 cm³/mol. The highest BCUT2D eigenvalue weighted by molar-refractivity contribution is 5.90. The zero-order valence-corrected chi connectivity index (χ0v) is 21.4. The molecule has 2 aromatic carbocycles. The summed E-state index contributed by atoms with van der Waals surface area (Å²) < 4.78 is 85.9. The fourth-order valence-electron chi connectivity index (χ4n) is 4.57. The zero-order chi connectivity index (χ0) is 28.2. The zero-order valence-electron chi connectivity index (χ0n) is 21.4. The Balaban J connectivity index is 1.63. The van der Waals surface area contributed by atoms with Gasteiger partial charge in [0.05, 0.1) is 37.2 Å². The van der Waals surface area contributed by atoms with Gasteiger partial charge in [-0.3, -0.25) is 4.68 Å². The number of rotatable bonds is 9. The molecule has 0 spiro atoms. The van der Waals surface area contributed by atoms with E-state index in [1.165, 1.54) is 13.2 Å². The number of hydrogen-bond donors (Lipinski definition) is 0. The molecule has 1 unspecified atom stereocenters. The van der Waals surface area contributed by atoms with Crippen LogP contribution in [-0.2, 0) is 17.5 Å². The molecule has 1 aliphatic heterocycles. The molecule has 7 nitrogen and oxygen atoms in total. The second-order valence-corrected chi connectivity index (χ2v) is 8.97. The molecule has 0 radical (unpaired) electrons. The molecular formula is C27H28F5N3O4. The summed E-state index contributed by atoms with van der Waals surface area (Å²) in [5.41, 5.74) is -0.776. The number of halogens is 5. The van der Waals surface area contributed by atoms with Crippen molar-refractivity contribution in [3.63, 3.8) is 0 Å². The molecule has 1 aromatic heterocycles. The number of aromatic nitrogens is 2. The van der Waals surface area contributed by atoms with Crippen LogP contribution in [0.25, 0.3) is 0 Å². The third-order valence-electron chi connectivity index (χ3n) is 6.46. The number of ether oxygens (including phenoxy) is 3. The Morgan fingerprint density at radius 2 is 1.90 bits per heavy atom. The Bertz CT molecular complexity index is 1280. The number of benzene rings is 2. The Morgan fingerprint density at radius 1 is 1.15 bits per heavy atom. The quantitative estimate of drug-likeness (QED) is 0.224. The van der Waals surface area contributed by atoms with Crippen LogP contribution in [0.4, 0.5) is 27.6 Å². The van der Waals surface area contributed by atoms with Gasteiger partial charge in [0.15, 0.2) is 0 Å². The van der Waals surface area contributed by atoms with Gasteiger partial charge in [-0.25, -0.2) is 13.6 Å². The molecule has 0 N–H and O–H groups in total. The second-order valence-electron chi connectivity index (χ2n) is 8.97. The summed E-state index contributed by atoms with van der Waals surface area (Å²) >= 11 is 0. The number of anilines is 1. The summed E-state index contributed by atoms with van der Waals surface area (Å²) in [5, 5.41) is 4.05. The highest BCUT2D eigenvalue weighted by atomic mass is 19.4. The third kappa shape index (κ3) is 6.43. The lowest BCUT2D eigenvalue weighted by atomic mass is 10.0. The van der Waals surface area contributed by atoms with E-state index in [9.17, 15) is 26.7 Å². The number of methoxy groups -OCH3 is 1. The molecule has 0 aliphatic carbocycles. The molecule has 1 atom stereocenters. The van der Waals surface area contributed by atoms with E-state index in [1.807, 2.05) is 0 Å².